The van der Waals surface area contributed by atoms with Crippen molar-refractivity contribution in [1.29, 1.82) is 0 Å². The summed E-state index contributed by atoms with van der Waals surface area (Å²) in [6.45, 7) is 2.15. The number of carbonyl (C=O) groups excluding carboxylic acids is 2. The van der Waals surface area contributed by atoms with Crippen molar-refractivity contribution < 1.29 is 19.1 Å². The summed E-state index contributed by atoms with van der Waals surface area (Å²) in [5, 5.41) is 3.73. The Bertz CT molecular complexity index is 967. The highest BCUT2D eigenvalue weighted by Crippen LogP contribution is 2.38. The number of rotatable bonds is 8. The minimum absolute atomic E-state index is 0.0479. The van der Waals surface area contributed by atoms with Crippen LogP contribution in [-0.4, -0.2) is 38.0 Å². The number of hydrogen-bond acceptors (Lipinski definition) is 4. The Kier molecular flexibility index (Phi) is 8.87. The second-order valence-corrected chi connectivity index (χ2v) is 8.97. The quantitative estimate of drug-likeness (QED) is 0.503. The van der Waals surface area contributed by atoms with Crippen LogP contribution in [0.2, 0.25) is 5.02 Å². The maximum atomic E-state index is 13.8. The van der Waals surface area contributed by atoms with E-state index >= 15 is 0 Å². The second-order valence-electron chi connectivity index (χ2n) is 8.27. The summed E-state index contributed by atoms with van der Waals surface area (Å²) >= 11 is 12.1. The molecule has 1 fully saturated rings. The molecule has 0 spiro atoms. The molecule has 0 saturated heterocycles. The fourth-order valence-corrected chi connectivity index (χ4v) is 4.58. The van der Waals surface area contributed by atoms with Crippen molar-refractivity contribution in [2.45, 2.75) is 44.7 Å². The third-order valence-corrected chi connectivity index (χ3v) is 6.64. The van der Waals surface area contributed by atoms with Crippen molar-refractivity contribution in [3.8, 4) is 11.5 Å². The van der Waals surface area contributed by atoms with E-state index in [4.69, 9.17) is 32.7 Å². The van der Waals surface area contributed by atoms with Gasteiger partial charge in [0.2, 0.25) is 11.8 Å². The third-order valence-electron chi connectivity index (χ3n) is 6.16. The van der Waals surface area contributed by atoms with Crippen molar-refractivity contribution in [3.63, 3.8) is 0 Å². The Labute approximate surface area is 205 Å². The van der Waals surface area contributed by atoms with Crippen LogP contribution in [0.25, 0.3) is 0 Å². The summed E-state index contributed by atoms with van der Waals surface area (Å²) in [5.41, 5.74) is 1.05. The number of alkyl halides is 1. The van der Waals surface area contributed by atoms with Crippen LogP contribution in [0.1, 0.15) is 44.2 Å². The molecule has 8 heteroatoms. The van der Waals surface area contributed by atoms with Gasteiger partial charge in [-0.05, 0) is 48.6 Å². The maximum absolute atomic E-state index is 13.8. The lowest BCUT2D eigenvalue weighted by molar-refractivity contribution is -0.126. The van der Waals surface area contributed by atoms with Gasteiger partial charge in [0.1, 0.15) is 23.4 Å². The smallest absolute Gasteiger partial charge is 0.248 e. The van der Waals surface area contributed by atoms with E-state index in [0.717, 1.165) is 25.7 Å². The molecule has 1 aliphatic carbocycles. The Morgan fingerprint density at radius 3 is 2.39 bits per heavy atom. The Hall–Kier alpha value is -2.44. The Morgan fingerprint density at radius 1 is 1.09 bits per heavy atom. The number of anilines is 1. The maximum Gasteiger partial charge on any atom is 0.248 e. The highest BCUT2D eigenvalue weighted by molar-refractivity contribution is 6.30. The lowest BCUT2D eigenvalue weighted by Crippen LogP contribution is -2.49. The molecular weight excluding hydrogens is 463 g/mol. The van der Waals surface area contributed by atoms with E-state index in [-0.39, 0.29) is 17.8 Å². The van der Waals surface area contributed by atoms with Gasteiger partial charge in [-0.3, -0.25) is 14.5 Å². The summed E-state index contributed by atoms with van der Waals surface area (Å²) in [5.74, 6) is 0.329. The normalized spacial score (nSPS) is 18.8. The van der Waals surface area contributed by atoms with Gasteiger partial charge in [0.15, 0.2) is 0 Å². The minimum atomic E-state index is -0.954. The molecule has 3 atom stereocenters. The van der Waals surface area contributed by atoms with Crippen LogP contribution in [0, 0.1) is 5.92 Å². The largest absolute Gasteiger partial charge is 0.497 e. The molecule has 0 aromatic heterocycles. The van der Waals surface area contributed by atoms with Crippen LogP contribution in [0.3, 0.4) is 0 Å². The van der Waals surface area contributed by atoms with E-state index in [1.807, 2.05) is 0 Å². The van der Waals surface area contributed by atoms with Crippen molar-refractivity contribution >= 4 is 40.7 Å². The van der Waals surface area contributed by atoms with Crippen molar-refractivity contribution in [2.75, 3.05) is 25.0 Å². The van der Waals surface area contributed by atoms with Gasteiger partial charge < -0.3 is 14.8 Å². The summed E-state index contributed by atoms with van der Waals surface area (Å²) in [6.07, 6.45) is 4.20. The Balaban J connectivity index is 2.09. The van der Waals surface area contributed by atoms with E-state index in [0.29, 0.717) is 33.7 Å². The number of nitrogens with zero attached hydrogens (tertiary/aromatic N) is 1. The molecule has 1 N–H and O–H groups in total. The zero-order valence-electron chi connectivity index (χ0n) is 19.1. The van der Waals surface area contributed by atoms with Crippen LogP contribution < -0.4 is 19.7 Å². The lowest BCUT2D eigenvalue weighted by atomic mass is 9.85. The highest BCUT2D eigenvalue weighted by Gasteiger charge is 2.36. The molecule has 3 rings (SSSR count). The first-order chi connectivity index (χ1) is 15.9. The van der Waals surface area contributed by atoms with Gasteiger partial charge in [-0.15, -0.1) is 11.6 Å². The molecule has 0 aliphatic heterocycles. The van der Waals surface area contributed by atoms with E-state index < -0.39 is 11.9 Å². The molecule has 2 aromatic carbocycles. The second kappa shape index (κ2) is 11.6. The fraction of sp³-hybridized carbons (Fsp3) is 0.440. The molecule has 1 saturated carbocycles. The standard InChI is InChI=1S/C25H30Cl2N2O4/c1-16-6-4-5-7-20(16)28-25(31)24(17-8-10-18(27)11-9-17)29(23(30)15-26)21-13-12-19(32-2)14-22(21)33-3/h8-14,16,20,24H,4-7,15H2,1-3H3,(H,28,31)/t16-,20-,24+/m1/s1. The fourth-order valence-electron chi connectivity index (χ4n) is 4.32. The van der Waals surface area contributed by atoms with Crippen LogP contribution in [-0.2, 0) is 9.59 Å². The van der Waals surface area contributed by atoms with Crippen LogP contribution in [0.4, 0.5) is 5.69 Å². The summed E-state index contributed by atoms with van der Waals surface area (Å²) < 4.78 is 10.8. The number of halogens is 2. The molecule has 1 aliphatic rings. The zero-order valence-corrected chi connectivity index (χ0v) is 20.7. The minimum Gasteiger partial charge on any atom is -0.497 e. The van der Waals surface area contributed by atoms with Crippen LogP contribution in [0.5, 0.6) is 11.5 Å². The molecule has 0 heterocycles. The summed E-state index contributed by atoms with van der Waals surface area (Å²) in [4.78, 5) is 28.3. The van der Waals surface area contributed by atoms with Crippen molar-refractivity contribution in [3.05, 3.63) is 53.1 Å². The SMILES string of the molecule is COc1ccc(N(C(=O)CCl)[C@H](C(=O)N[C@@H]2CCCC[C@H]2C)c2ccc(Cl)cc2)c(OC)c1. The van der Waals surface area contributed by atoms with E-state index in [2.05, 4.69) is 12.2 Å². The molecular formula is C25H30Cl2N2O4. The lowest BCUT2D eigenvalue weighted by Gasteiger charge is -2.35. The van der Waals surface area contributed by atoms with E-state index in [1.54, 1.807) is 49.6 Å². The number of carbonyl (C=O) groups is 2. The predicted molar refractivity (Wildman–Crippen MR) is 132 cm³/mol. The topological polar surface area (TPSA) is 67.9 Å². The average Bonchev–Trinajstić information content (AvgIpc) is 2.83. The number of amides is 2. The number of benzene rings is 2. The first-order valence-corrected chi connectivity index (χ1v) is 12.0. The summed E-state index contributed by atoms with van der Waals surface area (Å²) in [6, 6.07) is 11.1. The van der Waals surface area contributed by atoms with Gasteiger partial charge >= 0.3 is 0 Å². The molecule has 2 aromatic rings. The number of methoxy groups -OCH3 is 2. The van der Waals surface area contributed by atoms with Gasteiger partial charge in [0.25, 0.3) is 0 Å². The Morgan fingerprint density at radius 2 is 1.79 bits per heavy atom. The molecule has 178 valence electrons. The van der Waals surface area contributed by atoms with E-state index in [1.165, 1.54) is 12.0 Å². The third kappa shape index (κ3) is 5.92. The highest BCUT2D eigenvalue weighted by atomic mass is 35.5. The van der Waals surface area contributed by atoms with Crippen molar-refractivity contribution in [2.24, 2.45) is 5.92 Å². The number of nitrogens with one attached hydrogen (secondary N) is 1. The molecule has 6 nitrogen and oxygen atoms in total. The van der Waals surface area contributed by atoms with Gasteiger partial charge in [0.05, 0.1) is 19.9 Å². The first kappa shape index (κ1) is 25.2. The van der Waals surface area contributed by atoms with Crippen molar-refractivity contribution in [1.82, 2.24) is 5.32 Å². The predicted octanol–water partition coefficient (Wildman–Crippen LogP) is 5.37. The van der Waals surface area contributed by atoms with Gasteiger partial charge in [0, 0.05) is 17.1 Å². The molecule has 0 unspecified atom stereocenters. The van der Waals surface area contributed by atoms with Gasteiger partial charge in [-0.1, -0.05) is 43.5 Å². The monoisotopic (exact) mass is 492 g/mol. The zero-order chi connectivity index (χ0) is 24.0. The van der Waals surface area contributed by atoms with E-state index in [9.17, 15) is 9.59 Å². The molecule has 2 amide bonds. The average molecular weight is 493 g/mol. The first-order valence-electron chi connectivity index (χ1n) is 11.1. The summed E-state index contributed by atoms with van der Waals surface area (Å²) in [7, 11) is 3.05. The number of hydrogen-bond donors (Lipinski definition) is 1. The molecule has 33 heavy (non-hydrogen) atoms. The molecule has 0 radical (unpaired) electrons. The molecule has 0 bridgehead atoms. The van der Waals surface area contributed by atoms with Gasteiger partial charge in [-0.2, -0.15) is 0 Å². The van der Waals surface area contributed by atoms with Crippen LogP contribution in [0.15, 0.2) is 42.5 Å². The van der Waals surface area contributed by atoms with Crippen LogP contribution >= 0.6 is 23.2 Å². The number of ether oxygens (including phenoxy) is 2. The van der Waals surface area contributed by atoms with Gasteiger partial charge in [-0.25, -0.2) is 0 Å².